The second-order valence-electron chi connectivity index (χ2n) is 5.22. The van der Waals surface area contributed by atoms with Crippen molar-refractivity contribution in [2.45, 2.75) is 6.92 Å². The zero-order chi connectivity index (χ0) is 18.7. The first-order valence-electron chi connectivity index (χ1n) is 7.67. The number of phenols is 1. The SMILES string of the molecule is CCOc1cc(/C=C2/SC(=Nc3ccccc3I)NC2=O)cc(Br)c1O. The van der Waals surface area contributed by atoms with Gasteiger partial charge in [0.1, 0.15) is 0 Å². The summed E-state index contributed by atoms with van der Waals surface area (Å²) < 4.78 is 6.94. The lowest BCUT2D eigenvalue weighted by molar-refractivity contribution is -0.115. The summed E-state index contributed by atoms with van der Waals surface area (Å²) in [6.07, 6.45) is 1.74. The number of amidine groups is 1. The Morgan fingerprint density at radius 1 is 1.38 bits per heavy atom. The second kappa shape index (κ2) is 8.45. The van der Waals surface area contributed by atoms with E-state index in [2.05, 4.69) is 48.8 Å². The Kier molecular flexibility index (Phi) is 6.25. The molecule has 1 saturated heterocycles. The van der Waals surface area contributed by atoms with E-state index in [1.165, 1.54) is 11.8 Å². The van der Waals surface area contributed by atoms with Gasteiger partial charge in [0, 0.05) is 3.57 Å². The van der Waals surface area contributed by atoms with Crippen LogP contribution in [0.2, 0.25) is 0 Å². The van der Waals surface area contributed by atoms with E-state index in [-0.39, 0.29) is 11.7 Å². The monoisotopic (exact) mass is 544 g/mol. The van der Waals surface area contributed by atoms with Crippen LogP contribution in [-0.4, -0.2) is 22.8 Å². The number of benzene rings is 2. The van der Waals surface area contributed by atoms with Crippen LogP contribution in [0, 0.1) is 3.57 Å². The van der Waals surface area contributed by atoms with Crippen LogP contribution in [0.25, 0.3) is 6.08 Å². The molecule has 0 unspecified atom stereocenters. The van der Waals surface area contributed by atoms with Gasteiger partial charge >= 0.3 is 0 Å². The van der Waals surface area contributed by atoms with Gasteiger partial charge in [-0.15, -0.1) is 0 Å². The third-order valence-electron chi connectivity index (χ3n) is 3.37. The van der Waals surface area contributed by atoms with E-state index in [4.69, 9.17) is 4.74 Å². The average Bonchev–Trinajstić information content (AvgIpc) is 2.94. The molecule has 0 saturated carbocycles. The average molecular weight is 545 g/mol. The van der Waals surface area contributed by atoms with E-state index in [0.29, 0.717) is 26.9 Å². The minimum absolute atomic E-state index is 0.0402. The lowest BCUT2D eigenvalue weighted by atomic mass is 10.2. The van der Waals surface area contributed by atoms with Gasteiger partial charge in [-0.1, -0.05) is 12.1 Å². The predicted octanol–water partition coefficient (Wildman–Crippen LogP) is 5.05. The van der Waals surface area contributed by atoms with Crippen LogP contribution >= 0.6 is 50.3 Å². The zero-order valence-electron chi connectivity index (χ0n) is 13.6. The third kappa shape index (κ3) is 4.41. The highest BCUT2D eigenvalue weighted by atomic mass is 127. The summed E-state index contributed by atoms with van der Waals surface area (Å²) in [5.41, 5.74) is 1.55. The number of amides is 1. The fraction of sp³-hybridized carbons (Fsp3) is 0.111. The van der Waals surface area contributed by atoms with E-state index in [1.807, 2.05) is 31.2 Å². The molecule has 0 bridgehead atoms. The Hall–Kier alpha value is -1.52. The first-order chi connectivity index (χ1) is 12.5. The molecule has 2 N–H and O–H groups in total. The van der Waals surface area contributed by atoms with Crippen LogP contribution in [0.5, 0.6) is 11.5 Å². The lowest BCUT2D eigenvalue weighted by Gasteiger charge is -2.08. The predicted molar refractivity (Wildman–Crippen MR) is 117 cm³/mol. The number of aromatic hydroxyl groups is 1. The van der Waals surface area contributed by atoms with Gasteiger partial charge in [-0.2, -0.15) is 0 Å². The molecular formula is C18H14BrIN2O3S. The van der Waals surface area contributed by atoms with Crippen LogP contribution in [-0.2, 0) is 4.79 Å². The number of ether oxygens (including phenoxy) is 1. The van der Waals surface area contributed by atoms with Crippen LogP contribution in [0.15, 0.2) is 50.8 Å². The number of nitrogens with one attached hydrogen (secondary N) is 1. The number of hydrogen-bond acceptors (Lipinski definition) is 5. The van der Waals surface area contributed by atoms with Gasteiger partial charge in [-0.25, -0.2) is 4.99 Å². The standard InChI is InChI=1S/C18H14BrIN2O3S/c1-2-25-14-8-10(7-11(19)16(14)23)9-15-17(24)22-18(26-15)21-13-6-4-3-5-12(13)20/h3-9,23H,2H2,1H3,(H,21,22,24)/b15-9+. The van der Waals surface area contributed by atoms with E-state index in [9.17, 15) is 9.90 Å². The molecule has 8 heteroatoms. The molecule has 26 heavy (non-hydrogen) atoms. The maximum absolute atomic E-state index is 12.3. The molecule has 1 amide bonds. The Morgan fingerprint density at radius 3 is 2.88 bits per heavy atom. The maximum atomic E-state index is 12.3. The highest BCUT2D eigenvalue weighted by molar-refractivity contribution is 14.1. The molecule has 5 nitrogen and oxygen atoms in total. The summed E-state index contributed by atoms with van der Waals surface area (Å²) in [5, 5.41) is 13.3. The molecule has 1 aliphatic rings. The van der Waals surface area contributed by atoms with Gasteiger partial charge in [0.25, 0.3) is 5.91 Å². The summed E-state index contributed by atoms with van der Waals surface area (Å²) in [5.74, 6) is 0.199. The molecular weight excluding hydrogens is 531 g/mol. The number of carbonyl (C=O) groups is 1. The van der Waals surface area contributed by atoms with Gasteiger partial charge in [0.05, 0.1) is 21.7 Å². The van der Waals surface area contributed by atoms with Crippen molar-refractivity contribution in [3.8, 4) is 11.5 Å². The Morgan fingerprint density at radius 2 is 2.15 bits per heavy atom. The smallest absolute Gasteiger partial charge is 0.264 e. The van der Waals surface area contributed by atoms with Crippen molar-refractivity contribution < 1.29 is 14.6 Å². The Bertz CT molecular complexity index is 931. The molecule has 1 heterocycles. The second-order valence-corrected chi connectivity index (χ2v) is 8.26. The molecule has 1 aliphatic heterocycles. The van der Waals surface area contributed by atoms with Gasteiger partial charge in [0.2, 0.25) is 0 Å². The number of para-hydroxylation sites is 1. The fourth-order valence-corrected chi connectivity index (χ4v) is 4.03. The molecule has 0 aliphatic carbocycles. The summed E-state index contributed by atoms with van der Waals surface area (Å²) in [4.78, 5) is 17.3. The van der Waals surface area contributed by atoms with Gasteiger partial charge in [-0.3, -0.25) is 4.79 Å². The van der Waals surface area contributed by atoms with E-state index < -0.39 is 0 Å². The highest BCUT2D eigenvalue weighted by Crippen LogP contribution is 2.37. The number of rotatable bonds is 4. The van der Waals surface area contributed by atoms with Gasteiger partial charge in [-0.05, 0) is 93.1 Å². The van der Waals surface area contributed by atoms with Crippen LogP contribution in [0.3, 0.4) is 0 Å². The van der Waals surface area contributed by atoms with Crippen molar-refractivity contribution in [1.29, 1.82) is 0 Å². The van der Waals surface area contributed by atoms with Crippen LogP contribution in [0.4, 0.5) is 5.69 Å². The van der Waals surface area contributed by atoms with Gasteiger partial charge < -0.3 is 15.2 Å². The minimum Gasteiger partial charge on any atom is -0.503 e. The summed E-state index contributed by atoms with van der Waals surface area (Å²) in [6.45, 7) is 2.27. The molecule has 2 aromatic carbocycles. The number of nitrogens with zero attached hydrogens (tertiary/aromatic N) is 1. The minimum atomic E-state index is -0.207. The quantitative estimate of drug-likeness (QED) is 0.417. The zero-order valence-corrected chi connectivity index (χ0v) is 18.2. The van der Waals surface area contributed by atoms with E-state index in [0.717, 1.165) is 14.8 Å². The molecule has 2 aromatic rings. The topological polar surface area (TPSA) is 70.9 Å². The summed E-state index contributed by atoms with van der Waals surface area (Å²) in [7, 11) is 0. The van der Waals surface area contributed by atoms with E-state index >= 15 is 0 Å². The molecule has 0 radical (unpaired) electrons. The first kappa shape index (κ1) is 19.2. The van der Waals surface area contributed by atoms with Gasteiger partial charge in [0.15, 0.2) is 16.7 Å². The highest BCUT2D eigenvalue weighted by Gasteiger charge is 2.24. The van der Waals surface area contributed by atoms with Crippen LogP contribution in [0.1, 0.15) is 12.5 Å². The number of halogens is 2. The molecule has 1 fully saturated rings. The van der Waals surface area contributed by atoms with Crippen molar-refractivity contribution in [3.63, 3.8) is 0 Å². The van der Waals surface area contributed by atoms with Crippen molar-refractivity contribution in [1.82, 2.24) is 5.32 Å². The molecule has 134 valence electrons. The maximum Gasteiger partial charge on any atom is 0.264 e. The van der Waals surface area contributed by atoms with Crippen molar-refractivity contribution >= 4 is 73.1 Å². The number of aliphatic imine (C=N–C) groups is 1. The number of phenolic OH excluding ortho intramolecular Hbond substituents is 1. The largest absolute Gasteiger partial charge is 0.503 e. The summed E-state index contributed by atoms with van der Waals surface area (Å²) in [6, 6.07) is 11.1. The van der Waals surface area contributed by atoms with Crippen molar-refractivity contribution in [3.05, 3.63) is 54.9 Å². The Balaban J connectivity index is 1.89. The van der Waals surface area contributed by atoms with Crippen LogP contribution < -0.4 is 10.1 Å². The number of hydrogen-bond donors (Lipinski definition) is 2. The molecule has 3 rings (SSSR count). The molecule has 0 atom stereocenters. The van der Waals surface area contributed by atoms with Crippen molar-refractivity contribution in [2.75, 3.05) is 6.61 Å². The summed E-state index contributed by atoms with van der Waals surface area (Å²) >= 11 is 6.79. The molecule has 0 aromatic heterocycles. The number of thioether (sulfide) groups is 1. The normalized spacial score (nSPS) is 17.0. The number of carbonyl (C=O) groups excluding carboxylic acids is 1. The lowest BCUT2D eigenvalue weighted by Crippen LogP contribution is -2.19. The third-order valence-corrected chi connectivity index (χ3v) is 5.80. The van der Waals surface area contributed by atoms with E-state index in [1.54, 1.807) is 18.2 Å². The molecule has 0 spiro atoms. The fourth-order valence-electron chi connectivity index (χ4n) is 2.23. The van der Waals surface area contributed by atoms with Crippen molar-refractivity contribution in [2.24, 2.45) is 4.99 Å². The Labute approximate surface area is 177 Å². The first-order valence-corrected chi connectivity index (χ1v) is 10.4.